The summed E-state index contributed by atoms with van der Waals surface area (Å²) < 4.78 is 13.5. The second kappa shape index (κ2) is 13.6. The van der Waals surface area contributed by atoms with Gasteiger partial charge in [0.05, 0.1) is 0 Å². The summed E-state index contributed by atoms with van der Waals surface area (Å²) in [5.74, 6) is 2.13. The Labute approximate surface area is 372 Å². The Balaban J connectivity index is 1.25. The van der Waals surface area contributed by atoms with Crippen molar-refractivity contribution in [1.82, 2.24) is 0 Å². The van der Waals surface area contributed by atoms with Crippen molar-refractivity contribution in [2.24, 2.45) is 0 Å². The number of rotatable bonds is 6. The van der Waals surface area contributed by atoms with Crippen LogP contribution in [0, 0.1) is 0 Å². The summed E-state index contributed by atoms with van der Waals surface area (Å²) in [7, 11) is -1.77. The first-order valence-corrected chi connectivity index (χ1v) is 31.1. The van der Waals surface area contributed by atoms with Gasteiger partial charge in [0.25, 0.3) is 0 Å². The van der Waals surface area contributed by atoms with Gasteiger partial charge in [-0.1, -0.05) is 0 Å². The fourth-order valence-corrected chi connectivity index (χ4v) is 34.7. The molecule has 6 heteroatoms. The Morgan fingerprint density at radius 2 is 0.841 bits per heavy atom. The van der Waals surface area contributed by atoms with E-state index in [2.05, 4.69) is 217 Å². The standard InChI is InChI=1S/C54H33N2OP2.C3H7.Sn/c1-5-18-37(19-6-1)55-39-22-17-23-40(32-39)56(38-20-7-2-8-21-38)50-36-42(34-48-46-29-14-16-31-52(46)59(54(48)50)44-26-11-4-12-27-44)57-41-33-47-45-28-13-15-30-51(45)58(53(47)49(55)35-41)43-24-9-3-10-25-43;1-3-2;/h1-31,33-34H;1,3H2,2H3;. The molecule has 9 aromatic carbocycles. The molecule has 11 aromatic rings. The quantitative estimate of drug-likeness (QED) is 0.155. The van der Waals surface area contributed by atoms with Crippen LogP contribution >= 0.6 is 15.1 Å². The summed E-state index contributed by atoms with van der Waals surface area (Å²) in [6, 6.07) is 75.8. The van der Waals surface area contributed by atoms with E-state index < -0.39 is 33.4 Å². The molecule has 0 N–H and O–H groups in total. The van der Waals surface area contributed by atoms with E-state index in [-0.39, 0.29) is 0 Å². The normalized spacial score (nSPS) is 16.2. The molecule has 0 saturated carbocycles. The monoisotopic (exact) mass is 950 g/mol. The summed E-state index contributed by atoms with van der Waals surface area (Å²) >= 11 is -4.19. The van der Waals surface area contributed by atoms with Crippen LogP contribution in [0.3, 0.4) is 0 Å². The third-order valence-corrected chi connectivity index (χ3v) is 34.2. The Bertz CT molecular complexity index is 3440. The van der Waals surface area contributed by atoms with Crippen LogP contribution in [0.5, 0.6) is 11.5 Å². The Hall–Kier alpha value is -6.22. The zero-order valence-electron chi connectivity index (χ0n) is 34.7. The number of nitrogens with zero attached hydrogens (tertiary/aromatic N) is 2. The van der Waals surface area contributed by atoms with Gasteiger partial charge >= 0.3 is 375 Å². The molecule has 5 heterocycles. The first kappa shape index (κ1) is 36.3. The molecule has 0 spiro atoms. The van der Waals surface area contributed by atoms with Crippen LogP contribution in [0.25, 0.3) is 52.6 Å². The van der Waals surface area contributed by atoms with Crippen LogP contribution in [-0.2, 0) is 0 Å². The van der Waals surface area contributed by atoms with E-state index in [4.69, 9.17) is 4.74 Å². The third kappa shape index (κ3) is 4.78. The van der Waals surface area contributed by atoms with E-state index in [0.29, 0.717) is 0 Å². The number of hydrogen-bond acceptors (Lipinski definition) is 3. The molecule has 3 nitrogen and oxygen atoms in total. The predicted octanol–water partition coefficient (Wildman–Crippen LogP) is 15.8. The number of anilines is 6. The third-order valence-electron chi connectivity index (χ3n) is 13.9. The Morgan fingerprint density at radius 3 is 1.29 bits per heavy atom. The van der Waals surface area contributed by atoms with Gasteiger partial charge in [0, 0.05) is 0 Å². The second-order valence-electron chi connectivity index (χ2n) is 17.1. The first-order valence-electron chi connectivity index (χ1n) is 22.1. The van der Waals surface area contributed by atoms with Gasteiger partial charge in [-0.3, -0.25) is 0 Å². The van der Waals surface area contributed by atoms with Gasteiger partial charge in [0.15, 0.2) is 0 Å². The van der Waals surface area contributed by atoms with Crippen molar-refractivity contribution in [3.63, 3.8) is 0 Å². The van der Waals surface area contributed by atoms with Crippen LogP contribution in [0.15, 0.2) is 200 Å². The molecule has 0 radical (unpaired) electrons. The molecular formula is C57H40N2OP2Sn. The molecule has 14 rings (SSSR count). The van der Waals surface area contributed by atoms with Gasteiger partial charge in [-0.15, -0.1) is 0 Å². The average molecular weight is 950 g/mol. The number of ether oxygens (including phenoxy) is 1. The molecule has 0 aliphatic carbocycles. The van der Waals surface area contributed by atoms with E-state index in [1.165, 1.54) is 93.9 Å². The fraction of sp³-hybridized carbons (Fsp3) is 0.0526. The summed E-state index contributed by atoms with van der Waals surface area (Å²) in [6.45, 7) is 2.43. The summed E-state index contributed by atoms with van der Waals surface area (Å²) in [5.41, 5.74) is 7.82. The summed E-state index contributed by atoms with van der Waals surface area (Å²) in [5, 5.41) is 13.9. The van der Waals surface area contributed by atoms with Crippen molar-refractivity contribution in [2.45, 2.75) is 17.8 Å². The summed E-state index contributed by atoms with van der Waals surface area (Å²) in [6.07, 6.45) is 1.09. The van der Waals surface area contributed by atoms with Crippen molar-refractivity contribution in [1.29, 1.82) is 0 Å². The molecule has 2 unspecified atom stereocenters. The molecule has 0 saturated heterocycles. The molecule has 298 valence electrons. The van der Waals surface area contributed by atoms with Crippen molar-refractivity contribution < 1.29 is 4.74 Å². The number of fused-ring (bicyclic) bond motifs is 8. The van der Waals surface area contributed by atoms with Crippen LogP contribution in [0.1, 0.15) is 13.3 Å². The van der Waals surface area contributed by atoms with E-state index in [9.17, 15) is 0 Å². The minimum absolute atomic E-state index is 0.886. The van der Waals surface area contributed by atoms with Crippen molar-refractivity contribution >= 4 is 120 Å². The van der Waals surface area contributed by atoms with Gasteiger partial charge < -0.3 is 0 Å². The maximum absolute atomic E-state index is 7.77. The van der Waals surface area contributed by atoms with E-state index >= 15 is 0 Å². The summed E-state index contributed by atoms with van der Waals surface area (Å²) in [4.78, 5) is 5.35. The van der Waals surface area contributed by atoms with Crippen LogP contribution < -0.4 is 25.3 Å². The van der Waals surface area contributed by atoms with Crippen LogP contribution in [0.2, 0.25) is 4.44 Å². The van der Waals surface area contributed by atoms with Crippen LogP contribution in [-0.4, -0.2) is 18.4 Å². The average Bonchev–Trinajstić information content (AvgIpc) is 3.85. The molecule has 3 aliphatic heterocycles. The minimum atomic E-state index is -4.19. The fourth-order valence-electron chi connectivity index (χ4n) is 11.8. The number of para-hydroxylation sites is 2. The molecule has 2 atom stereocenters. The van der Waals surface area contributed by atoms with Crippen molar-refractivity contribution in [3.8, 4) is 22.1 Å². The molecule has 0 amide bonds. The first-order chi connectivity index (χ1) is 31.3. The SMILES string of the molecule is CC[CH2][Sn]12[c]3c4cccc3N(c3ccccc3)c3[c]1c(cc1c5ccccc5p(-c5ccccc5)c31)Oc1cc3c5ccccc5p(-c5ccccc5)c3c([c]12)N4c1ccccc1. The zero-order valence-corrected chi connectivity index (χ0v) is 39.3. The molecule has 3 aliphatic rings. The molecule has 63 heavy (non-hydrogen) atoms. The predicted molar refractivity (Wildman–Crippen MR) is 274 cm³/mol. The van der Waals surface area contributed by atoms with Gasteiger partial charge in [-0.2, -0.15) is 0 Å². The zero-order chi connectivity index (χ0) is 41.4. The van der Waals surface area contributed by atoms with Gasteiger partial charge in [-0.05, 0) is 0 Å². The van der Waals surface area contributed by atoms with E-state index in [1.54, 1.807) is 3.58 Å². The molecular weight excluding hydrogens is 909 g/mol. The van der Waals surface area contributed by atoms with Crippen molar-refractivity contribution in [2.75, 3.05) is 9.80 Å². The van der Waals surface area contributed by atoms with Gasteiger partial charge in [0.1, 0.15) is 0 Å². The Morgan fingerprint density at radius 1 is 0.429 bits per heavy atom. The van der Waals surface area contributed by atoms with Gasteiger partial charge in [-0.25, -0.2) is 0 Å². The van der Waals surface area contributed by atoms with Crippen molar-refractivity contribution in [3.05, 3.63) is 200 Å². The van der Waals surface area contributed by atoms with Gasteiger partial charge in [0.2, 0.25) is 0 Å². The molecule has 2 aromatic heterocycles. The van der Waals surface area contributed by atoms with E-state index in [1.807, 2.05) is 0 Å². The van der Waals surface area contributed by atoms with E-state index in [0.717, 1.165) is 22.4 Å². The molecule has 0 bridgehead atoms. The second-order valence-corrected chi connectivity index (χ2v) is 32.2. The van der Waals surface area contributed by atoms with Crippen LogP contribution in [0.4, 0.5) is 34.1 Å². The Kier molecular flexibility index (Phi) is 7.85. The number of benzene rings is 9. The molecule has 0 fully saturated rings. The number of hydrogen-bond donors (Lipinski definition) is 0. The maximum atomic E-state index is 7.77. The topological polar surface area (TPSA) is 15.7 Å².